The molecule has 164 valence electrons. The second kappa shape index (κ2) is 10.5. The molecule has 0 heterocycles. The highest BCUT2D eigenvalue weighted by atomic mass is 35.5. The number of hydrogen-bond acceptors (Lipinski definition) is 4. The summed E-state index contributed by atoms with van der Waals surface area (Å²) in [7, 11) is 0. The molecule has 0 fully saturated rings. The predicted molar refractivity (Wildman–Crippen MR) is 128 cm³/mol. The minimum absolute atomic E-state index is 0.149. The quantitative estimate of drug-likeness (QED) is 0.351. The van der Waals surface area contributed by atoms with Gasteiger partial charge in [0.25, 0.3) is 5.91 Å². The highest BCUT2D eigenvalue weighted by molar-refractivity contribution is 8.00. The molecule has 0 aromatic heterocycles. The molecule has 0 bridgehead atoms. The Bertz CT molecular complexity index is 1150. The summed E-state index contributed by atoms with van der Waals surface area (Å²) in [5, 5.41) is 14.8. The van der Waals surface area contributed by atoms with Gasteiger partial charge in [0.2, 0.25) is 5.91 Å². The van der Waals surface area contributed by atoms with E-state index in [0.29, 0.717) is 22.0 Å². The van der Waals surface area contributed by atoms with Crippen molar-refractivity contribution in [3.05, 3.63) is 87.9 Å². The second-order valence-corrected chi connectivity index (χ2v) is 8.99. The predicted octanol–water partition coefficient (Wildman–Crippen LogP) is 6.06. The number of thioether (sulfide) groups is 1. The van der Waals surface area contributed by atoms with E-state index < -0.39 is 11.2 Å². The van der Waals surface area contributed by atoms with Crippen molar-refractivity contribution in [2.75, 3.05) is 10.6 Å². The Morgan fingerprint density at radius 2 is 1.47 bits per heavy atom. The van der Waals surface area contributed by atoms with Gasteiger partial charge in [-0.15, -0.1) is 11.8 Å². The first-order chi connectivity index (χ1) is 15.2. The van der Waals surface area contributed by atoms with Crippen molar-refractivity contribution in [3.8, 4) is 0 Å². The molecule has 2 amide bonds. The van der Waals surface area contributed by atoms with Crippen LogP contribution < -0.4 is 10.6 Å². The zero-order valence-electron chi connectivity index (χ0n) is 16.8. The van der Waals surface area contributed by atoms with E-state index in [9.17, 15) is 14.4 Å². The van der Waals surface area contributed by atoms with Crippen LogP contribution in [0.4, 0.5) is 11.4 Å². The molecule has 3 N–H and O–H groups in total. The Morgan fingerprint density at radius 1 is 0.875 bits per heavy atom. The van der Waals surface area contributed by atoms with Crippen molar-refractivity contribution < 1.29 is 19.5 Å². The van der Waals surface area contributed by atoms with Crippen LogP contribution in [-0.2, 0) is 4.79 Å². The van der Waals surface area contributed by atoms with Crippen molar-refractivity contribution in [2.24, 2.45) is 0 Å². The van der Waals surface area contributed by atoms with E-state index in [1.165, 1.54) is 30.0 Å². The summed E-state index contributed by atoms with van der Waals surface area (Å²) < 4.78 is 0. The molecule has 0 saturated heterocycles. The van der Waals surface area contributed by atoms with E-state index in [1.54, 1.807) is 55.5 Å². The summed E-state index contributed by atoms with van der Waals surface area (Å²) in [4.78, 5) is 36.6. The summed E-state index contributed by atoms with van der Waals surface area (Å²) in [5.74, 6) is -1.59. The summed E-state index contributed by atoms with van der Waals surface area (Å²) >= 11 is 13.3. The fourth-order valence-corrected chi connectivity index (χ4v) is 4.05. The molecular weight excluding hydrogens is 471 g/mol. The van der Waals surface area contributed by atoms with Gasteiger partial charge in [0.15, 0.2) is 0 Å². The summed E-state index contributed by atoms with van der Waals surface area (Å²) in [6.45, 7) is 1.77. The number of rotatable bonds is 7. The highest BCUT2D eigenvalue weighted by Gasteiger charge is 2.16. The molecule has 3 aromatic carbocycles. The maximum Gasteiger partial charge on any atom is 0.335 e. The molecular formula is C23H18Cl2N2O4S. The van der Waals surface area contributed by atoms with E-state index in [0.717, 1.165) is 4.90 Å². The molecule has 0 radical (unpaired) electrons. The zero-order chi connectivity index (χ0) is 23.3. The van der Waals surface area contributed by atoms with E-state index in [-0.39, 0.29) is 22.4 Å². The smallest absolute Gasteiger partial charge is 0.335 e. The van der Waals surface area contributed by atoms with Gasteiger partial charge in [-0.25, -0.2) is 4.79 Å². The van der Waals surface area contributed by atoms with Crippen LogP contribution in [0.2, 0.25) is 10.0 Å². The zero-order valence-corrected chi connectivity index (χ0v) is 19.1. The molecule has 0 aliphatic heterocycles. The monoisotopic (exact) mass is 488 g/mol. The van der Waals surface area contributed by atoms with Crippen molar-refractivity contribution in [2.45, 2.75) is 17.1 Å². The van der Waals surface area contributed by atoms with Crippen LogP contribution in [-0.4, -0.2) is 28.1 Å². The summed E-state index contributed by atoms with van der Waals surface area (Å²) in [6.07, 6.45) is 0. The SMILES string of the molecule is CC(Sc1ccc(NC(=O)c2ccc(Cl)cc2Cl)cc1)C(=O)Nc1ccc(C(=O)O)cc1. The Kier molecular flexibility index (Phi) is 7.80. The van der Waals surface area contributed by atoms with Gasteiger partial charge >= 0.3 is 5.97 Å². The third-order valence-electron chi connectivity index (χ3n) is 4.37. The summed E-state index contributed by atoms with van der Waals surface area (Å²) in [6, 6.07) is 17.7. The number of nitrogens with one attached hydrogen (secondary N) is 2. The molecule has 1 atom stereocenters. The summed E-state index contributed by atoms with van der Waals surface area (Å²) in [5.41, 5.74) is 1.57. The lowest BCUT2D eigenvalue weighted by Gasteiger charge is -2.13. The lowest BCUT2D eigenvalue weighted by atomic mass is 10.2. The minimum atomic E-state index is -1.03. The average Bonchev–Trinajstić information content (AvgIpc) is 2.75. The van der Waals surface area contributed by atoms with Crippen LogP contribution >= 0.6 is 35.0 Å². The van der Waals surface area contributed by atoms with Crippen LogP contribution in [0.1, 0.15) is 27.6 Å². The molecule has 6 nitrogen and oxygen atoms in total. The Balaban J connectivity index is 1.56. The van der Waals surface area contributed by atoms with E-state index in [2.05, 4.69) is 10.6 Å². The number of aromatic carboxylic acids is 1. The van der Waals surface area contributed by atoms with Crippen LogP contribution in [0.3, 0.4) is 0 Å². The standard InChI is InChI=1S/C23H18Cl2N2O4S/c1-13(21(28)26-16-5-2-14(3-6-16)23(30)31)32-18-9-7-17(8-10-18)27-22(29)19-11-4-15(24)12-20(19)25/h2-13H,1H3,(H,26,28)(H,27,29)(H,30,31). The van der Waals surface area contributed by atoms with Crippen molar-refractivity contribution in [1.29, 1.82) is 0 Å². The molecule has 3 aromatic rings. The first-order valence-corrected chi connectivity index (χ1v) is 11.0. The molecule has 3 rings (SSSR count). The number of carboxylic acids is 1. The second-order valence-electron chi connectivity index (χ2n) is 6.73. The normalized spacial score (nSPS) is 11.5. The number of halogens is 2. The number of carbonyl (C=O) groups is 3. The molecule has 0 spiro atoms. The minimum Gasteiger partial charge on any atom is -0.478 e. The molecule has 9 heteroatoms. The number of carboxylic acid groups (broad SMARTS) is 1. The van der Waals surface area contributed by atoms with E-state index in [4.69, 9.17) is 28.3 Å². The van der Waals surface area contributed by atoms with Gasteiger partial charge in [-0.3, -0.25) is 9.59 Å². The number of anilines is 2. The van der Waals surface area contributed by atoms with Gasteiger partial charge in [-0.1, -0.05) is 23.2 Å². The topological polar surface area (TPSA) is 95.5 Å². The molecule has 0 saturated carbocycles. The molecule has 32 heavy (non-hydrogen) atoms. The largest absolute Gasteiger partial charge is 0.478 e. The van der Waals surface area contributed by atoms with Gasteiger partial charge in [-0.05, 0) is 73.7 Å². The van der Waals surface area contributed by atoms with Gasteiger partial charge < -0.3 is 15.7 Å². The maximum absolute atomic E-state index is 12.4. The van der Waals surface area contributed by atoms with Gasteiger partial charge in [0, 0.05) is 21.3 Å². The van der Waals surface area contributed by atoms with Crippen LogP contribution in [0, 0.1) is 0 Å². The van der Waals surface area contributed by atoms with Crippen LogP contribution in [0.25, 0.3) is 0 Å². The number of amides is 2. The Morgan fingerprint density at radius 3 is 2.06 bits per heavy atom. The average molecular weight is 489 g/mol. The van der Waals surface area contributed by atoms with Crippen LogP contribution in [0.15, 0.2) is 71.6 Å². The lowest BCUT2D eigenvalue weighted by Crippen LogP contribution is -2.22. The Hall–Kier alpha value is -3.00. The van der Waals surface area contributed by atoms with Gasteiger partial charge in [0.05, 0.1) is 21.4 Å². The number of benzene rings is 3. The number of hydrogen-bond donors (Lipinski definition) is 3. The third-order valence-corrected chi connectivity index (χ3v) is 6.03. The first-order valence-electron chi connectivity index (χ1n) is 9.40. The molecule has 1 unspecified atom stereocenters. The molecule has 0 aliphatic rings. The van der Waals surface area contributed by atoms with E-state index in [1.807, 2.05) is 0 Å². The molecule has 0 aliphatic carbocycles. The lowest BCUT2D eigenvalue weighted by molar-refractivity contribution is -0.115. The fourth-order valence-electron chi connectivity index (χ4n) is 2.69. The third kappa shape index (κ3) is 6.26. The van der Waals surface area contributed by atoms with Gasteiger partial charge in [-0.2, -0.15) is 0 Å². The van der Waals surface area contributed by atoms with Crippen molar-refractivity contribution in [3.63, 3.8) is 0 Å². The van der Waals surface area contributed by atoms with Crippen LogP contribution in [0.5, 0.6) is 0 Å². The van der Waals surface area contributed by atoms with E-state index >= 15 is 0 Å². The van der Waals surface area contributed by atoms with Crippen molar-refractivity contribution >= 4 is 64.1 Å². The van der Waals surface area contributed by atoms with Crippen molar-refractivity contribution in [1.82, 2.24) is 0 Å². The fraction of sp³-hybridized carbons (Fsp3) is 0.0870. The number of carbonyl (C=O) groups excluding carboxylic acids is 2. The highest BCUT2D eigenvalue weighted by Crippen LogP contribution is 2.27. The maximum atomic E-state index is 12.4. The first kappa shape index (κ1) is 23.7. The van der Waals surface area contributed by atoms with Gasteiger partial charge in [0.1, 0.15) is 0 Å². The Labute approximate surface area is 198 Å².